The predicted molar refractivity (Wildman–Crippen MR) is 57.5 cm³/mol. The van der Waals surface area contributed by atoms with Crippen LogP contribution in [0.25, 0.3) is 0 Å². The molecule has 3 heteroatoms. The molecule has 1 rings (SSSR count). The van der Waals surface area contributed by atoms with Gasteiger partial charge in [0.05, 0.1) is 13.2 Å². The summed E-state index contributed by atoms with van der Waals surface area (Å²) in [4.78, 5) is 0. The van der Waals surface area contributed by atoms with Gasteiger partial charge in [0.1, 0.15) is 0 Å². The maximum absolute atomic E-state index is 5.58. The fraction of sp³-hybridized carbons (Fsp3) is 1.00. The highest BCUT2D eigenvalue weighted by atomic mass is 16.5. The van der Waals surface area contributed by atoms with Crippen LogP contribution in [0.15, 0.2) is 0 Å². The van der Waals surface area contributed by atoms with Gasteiger partial charge in [0.2, 0.25) is 0 Å². The van der Waals surface area contributed by atoms with Gasteiger partial charge in [-0.15, -0.1) is 0 Å². The normalized spacial score (nSPS) is 22.1. The fourth-order valence-electron chi connectivity index (χ4n) is 1.53. The van der Waals surface area contributed by atoms with E-state index < -0.39 is 0 Å². The van der Waals surface area contributed by atoms with Gasteiger partial charge in [0.15, 0.2) is 0 Å². The Morgan fingerprint density at radius 2 is 2.36 bits per heavy atom. The molecular formula is C11H23NO2. The van der Waals surface area contributed by atoms with Crippen molar-refractivity contribution in [3.8, 4) is 0 Å². The van der Waals surface area contributed by atoms with E-state index in [-0.39, 0.29) is 0 Å². The van der Waals surface area contributed by atoms with Crippen LogP contribution in [0.1, 0.15) is 26.7 Å². The predicted octanol–water partition coefficient (Wildman–Crippen LogP) is 1.43. The molecule has 0 amide bonds. The Kier molecular flexibility index (Phi) is 6.15. The summed E-state index contributed by atoms with van der Waals surface area (Å²) in [6.07, 6.45) is 2.27. The van der Waals surface area contributed by atoms with E-state index in [9.17, 15) is 0 Å². The Morgan fingerprint density at radius 1 is 1.50 bits per heavy atom. The first-order valence-electron chi connectivity index (χ1n) is 5.68. The molecule has 0 saturated carbocycles. The first-order valence-corrected chi connectivity index (χ1v) is 5.68. The van der Waals surface area contributed by atoms with Gasteiger partial charge >= 0.3 is 0 Å². The third-order valence-corrected chi connectivity index (χ3v) is 2.40. The maximum atomic E-state index is 5.58. The quantitative estimate of drug-likeness (QED) is 0.632. The van der Waals surface area contributed by atoms with Crippen LogP contribution in [0.5, 0.6) is 0 Å². The van der Waals surface area contributed by atoms with Crippen LogP contribution in [-0.4, -0.2) is 39.0 Å². The molecule has 1 heterocycles. The zero-order valence-electron chi connectivity index (χ0n) is 9.42. The molecule has 1 N–H and O–H groups in total. The van der Waals surface area contributed by atoms with E-state index >= 15 is 0 Å². The lowest BCUT2D eigenvalue weighted by Gasteiger charge is -2.10. The van der Waals surface area contributed by atoms with Crippen LogP contribution in [0, 0.1) is 5.92 Å². The highest BCUT2D eigenvalue weighted by Crippen LogP contribution is 2.12. The van der Waals surface area contributed by atoms with Crippen molar-refractivity contribution in [3.63, 3.8) is 0 Å². The van der Waals surface area contributed by atoms with Gasteiger partial charge in [-0.05, 0) is 19.4 Å². The zero-order chi connectivity index (χ0) is 10.2. The maximum Gasteiger partial charge on any atom is 0.0517 e. The summed E-state index contributed by atoms with van der Waals surface area (Å²) in [5, 5.41) is 3.37. The smallest absolute Gasteiger partial charge is 0.0517 e. The molecule has 14 heavy (non-hydrogen) atoms. The molecule has 1 atom stereocenters. The van der Waals surface area contributed by atoms with Gasteiger partial charge < -0.3 is 14.8 Å². The van der Waals surface area contributed by atoms with Gasteiger partial charge in [-0.25, -0.2) is 0 Å². The zero-order valence-corrected chi connectivity index (χ0v) is 9.42. The number of rotatable bonds is 7. The van der Waals surface area contributed by atoms with Crippen LogP contribution >= 0.6 is 0 Å². The minimum atomic E-state index is 0.582. The SMILES string of the molecule is CC(C)NCCCOCC1CCOC1. The first kappa shape index (κ1) is 12.0. The Morgan fingerprint density at radius 3 is 3.00 bits per heavy atom. The van der Waals surface area contributed by atoms with Crippen molar-refractivity contribution in [2.75, 3.05) is 33.0 Å². The molecule has 1 aliphatic rings. The Balaban J connectivity index is 1.79. The van der Waals surface area contributed by atoms with Gasteiger partial charge in [0, 0.05) is 25.2 Å². The standard InChI is InChI=1S/C11H23NO2/c1-10(2)12-5-3-6-13-8-11-4-7-14-9-11/h10-12H,3-9H2,1-2H3. The lowest BCUT2D eigenvalue weighted by Crippen LogP contribution is -2.24. The number of hydrogen-bond donors (Lipinski definition) is 1. The van der Waals surface area contributed by atoms with E-state index in [2.05, 4.69) is 19.2 Å². The van der Waals surface area contributed by atoms with E-state index in [1.807, 2.05) is 0 Å². The minimum absolute atomic E-state index is 0.582. The van der Waals surface area contributed by atoms with Crippen LogP contribution in [0.2, 0.25) is 0 Å². The molecule has 1 unspecified atom stereocenters. The second-order valence-corrected chi connectivity index (χ2v) is 4.27. The molecule has 0 aromatic rings. The minimum Gasteiger partial charge on any atom is -0.381 e. The summed E-state index contributed by atoms with van der Waals surface area (Å²) in [5.74, 6) is 0.646. The molecule has 84 valence electrons. The summed E-state index contributed by atoms with van der Waals surface area (Å²) in [6.45, 7) is 8.94. The molecule has 0 bridgehead atoms. The highest BCUT2D eigenvalue weighted by molar-refractivity contribution is 4.62. The van der Waals surface area contributed by atoms with Crippen LogP contribution in [-0.2, 0) is 9.47 Å². The second-order valence-electron chi connectivity index (χ2n) is 4.27. The molecule has 0 aromatic heterocycles. The summed E-state index contributed by atoms with van der Waals surface area (Å²) in [7, 11) is 0. The average molecular weight is 201 g/mol. The van der Waals surface area contributed by atoms with E-state index in [4.69, 9.17) is 9.47 Å². The summed E-state index contributed by atoms with van der Waals surface area (Å²) >= 11 is 0. The van der Waals surface area contributed by atoms with Crippen LogP contribution < -0.4 is 5.32 Å². The first-order chi connectivity index (χ1) is 6.79. The Hall–Kier alpha value is -0.120. The molecule has 0 aliphatic carbocycles. The van der Waals surface area contributed by atoms with E-state index in [1.165, 1.54) is 6.42 Å². The molecule has 0 radical (unpaired) electrons. The van der Waals surface area contributed by atoms with E-state index in [0.29, 0.717) is 12.0 Å². The van der Waals surface area contributed by atoms with Crippen molar-refractivity contribution < 1.29 is 9.47 Å². The summed E-state index contributed by atoms with van der Waals surface area (Å²) < 4.78 is 10.9. The highest BCUT2D eigenvalue weighted by Gasteiger charge is 2.14. The van der Waals surface area contributed by atoms with Gasteiger partial charge in [-0.1, -0.05) is 13.8 Å². The summed E-state index contributed by atoms with van der Waals surface area (Å²) in [5.41, 5.74) is 0. The lowest BCUT2D eigenvalue weighted by atomic mass is 10.1. The van der Waals surface area contributed by atoms with Crippen molar-refractivity contribution in [2.45, 2.75) is 32.7 Å². The van der Waals surface area contributed by atoms with Crippen LogP contribution in [0.4, 0.5) is 0 Å². The molecule has 1 aliphatic heterocycles. The molecule has 0 aromatic carbocycles. The van der Waals surface area contributed by atoms with Crippen molar-refractivity contribution in [3.05, 3.63) is 0 Å². The summed E-state index contributed by atoms with van der Waals surface area (Å²) in [6, 6.07) is 0.582. The van der Waals surface area contributed by atoms with Crippen molar-refractivity contribution >= 4 is 0 Å². The second kappa shape index (κ2) is 7.21. The Labute approximate surface area is 87.2 Å². The van der Waals surface area contributed by atoms with Gasteiger partial charge in [-0.3, -0.25) is 0 Å². The lowest BCUT2D eigenvalue weighted by molar-refractivity contribution is 0.0881. The number of ether oxygens (including phenoxy) is 2. The monoisotopic (exact) mass is 201 g/mol. The molecule has 0 spiro atoms. The fourth-order valence-corrected chi connectivity index (χ4v) is 1.53. The average Bonchev–Trinajstić information content (AvgIpc) is 2.63. The van der Waals surface area contributed by atoms with Crippen molar-refractivity contribution in [2.24, 2.45) is 5.92 Å². The van der Waals surface area contributed by atoms with E-state index in [1.54, 1.807) is 0 Å². The van der Waals surface area contributed by atoms with Crippen molar-refractivity contribution in [1.29, 1.82) is 0 Å². The third-order valence-electron chi connectivity index (χ3n) is 2.40. The van der Waals surface area contributed by atoms with Crippen molar-refractivity contribution in [1.82, 2.24) is 5.32 Å². The molecule has 3 nitrogen and oxygen atoms in total. The Bertz CT molecular complexity index is 133. The number of hydrogen-bond acceptors (Lipinski definition) is 3. The number of nitrogens with one attached hydrogen (secondary N) is 1. The topological polar surface area (TPSA) is 30.5 Å². The molecule has 1 saturated heterocycles. The van der Waals surface area contributed by atoms with E-state index in [0.717, 1.165) is 39.4 Å². The molecule has 1 fully saturated rings. The van der Waals surface area contributed by atoms with Gasteiger partial charge in [-0.2, -0.15) is 0 Å². The molecular weight excluding hydrogens is 178 g/mol. The largest absolute Gasteiger partial charge is 0.381 e. The third kappa shape index (κ3) is 5.58. The van der Waals surface area contributed by atoms with Crippen LogP contribution in [0.3, 0.4) is 0 Å². The van der Waals surface area contributed by atoms with Gasteiger partial charge in [0.25, 0.3) is 0 Å².